The van der Waals surface area contributed by atoms with Gasteiger partial charge in [-0.3, -0.25) is 0 Å². The molecule has 0 N–H and O–H groups in total. The Labute approximate surface area is 271 Å². The number of nitriles is 2. The first-order valence-electron chi connectivity index (χ1n) is 14.2. The molecule has 10 heteroatoms. The van der Waals surface area contributed by atoms with Crippen molar-refractivity contribution in [2.24, 2.45) is 0 Å². The summed E-state index contributed by atoms with van der Waals surface area (Å²) in [6, 6.07) is 20.3. The Bertz CT molecular complexity index is 2180. The van der Waals surface area contributed by atoms with E-state index in [-0.39, 0.29) is 55.9 Å². The van der Waals surface area contributed by atoms with E-state index in [2.05, 4.69) is 9.69 Å². The molecule has 0 aliphatic heterocycles. The van der Waals surface area contributed by atoms with Crippen LogP contribution in [0.15, 0.2) is 84.2 Å². The highest BCUT2D eigenvalue weighted by atomic mass is 19.4. The van der Waals surface area contributed by atoms with Gasteiger partial charge < -0.3 is 0 Å². The minimum Gasteiger partial charge on any atom is -0.226 e. The smallest absolute Gasteiger partial charge is 0.226 e. The molecule has 2 aliphatic rings. The first-order valence-corrected chi connectivity index (χ1v) is 14.2. The second-order valence-electron chi connectivity index (χ2n) is 11.3. The molecule has 0 heterocycles. The minimum absolute atomic E-state index is 0.109. The molecule has 232 valence electrons. The van der Waals surface area contributed by atoms with E-state index in [0.717, 1.165) is 24.3 Å². The van der Waals surface area contributed by atoms with Crippen LogP contribution in [0.5, 0.6) is 0 Å². The van der Waals surface area contributed by atoms with Gasteiger partial charge in [-0.05, 0) is 105 Å². The lowest BCUT2D eigenvalue weighted by Gasteiger charge is -2.19. The van der Waals surface area contributed by atoms with Crippen LogP contribution in [0.4, 0.5) is 26.3 Å². The Morgan fingerprint density at radius 2 is 0.938 bits per heavy atom. The van der Waals surface area contributed by atoms with Crippen LogP contribution in [0.25, 0.3) is 54.2 Å². The summed E-state index contributed by atoms with van der Waals surface area (Å²) in [5.74, 6) is 0. The topological polar surface area (TPSA) is 56.3 Å². The number of alkyl halides is 6. The van der Waals surface area contributed by atoms with Gasteiger partial charge in [0, 0.05) is 11.1 Å². The summed E-state index contributed by atoms with van der Waals surface area (Å²) < 4.78 is 83.7. The Kier molecular flexibility index (Phi) is 7.35. The maximum atomic E-state index is 14.0. The van der Waals surface area contributed by atoms with E-state index in [1.165, 1.54) is 13.8 Å². The van der Waals surface area contributed by atoms with Crippen molar-refractivity contribution in [3.8, 4) is 34.4 Å². The average Bonchev–Trinajstić information content (AvgIpc) is 3.54. The molecule has 2 aliphatic carbocycles. The quantitative estimate of drug-likeness (QED) is 0.124. The Balaban J connectivity index is 1.81. The molecule has 0 radical (unpaired) electrons. The standard InChI is InChI=1S/C38H18F6N4/c1-19-11-21(15-23(13-19)37(39,40)41)25-7-5-9-27-31(25)35-34(30(18-46)48-4)28-10-6-8-26(32(28)36(35)33(27)29(17-45)47-3)22-12-20(2)14-24(16-22)38(42,43)44/h5-16H,1-2H3/b33-29-,34-30?. The second-order valence-corrected chi connectivity index (χ2v) is 11.3. The summed E-state index contributed by atoms with van der Waals surface area (Å²) in [5, 5.41) is 20.3. The van der Waals surface area contributed by atoms with Crippen LogP contribution in [-0.4, -0.2) is 0 Å². The number of allylic oxidation sites excluding steroid dienone is 6. The molecule has 0 aromatic heterocycles. The van der Waals surface area contributed by atoms with Crippen LogP contribution in [0.1, 0.15) is 44.5 Å². The molecule has 48 heavy (non-hydrogen) atoms. The number of hydrogen-bond donors (Lipinski definition) is 0. The lowest BCUT2D eigenvalue weighted by atomic mass is 9.85. The van der Waals surface area contributed by atoms with Crippen molar-refractivity contribution >= 4 is 22.3 Å². The fourth-order valence-corrected chi connectivity index (χ4v) is 6.53. The number of hydrogen-bond acceptors (Lipinski definition) is 2. The number of fused-ring (bicyclic) bond motifs is 4. The molecular weight excluding hydrogens is 626 g/mol. The van der Waals surface area contributed by atoms with Gasteiger partial charge in [-0.25, -0.2) is 20.2 Å². The molecule has 0 bridgehead atoms. The van der Waals surface area contributed by atoms with Gasteiger partial charge in [-0.1, -0.05) is 48.5 Å². The van der Waals surface area contributed by atoms with E-state index in [1.54, 1.807) is 48.5 Å². The molecule has 6 rings (SSSR count). The third-order valence-electron chi connectivity index (χ3n) is 8.26. The third kappa shape index (κ3) is 4.92. The number of halogens is 6. The van der Waals surface area contributed by atoms with Crippen molar-refractivity contribution in [2.45, 2.75) is 26.2 Å². The van der Waals surface area contributed by atoms with Gasteiger partial charge in [-0.15, -0.1) is 0 Å². The van der Waals surface area contributed by atoms with Crippen molar-refractivity contribution < 1.29 is 26.3 Å². The van der Waals surface area contributed by atoms with Crippen molar-refractivity contribution in [1.82, 2.24) is 0 Å². The summed E-state index contributed by atoms with van der Waals surface area (Å²) in [4.78, 5) is 6.90. The van der Waals surface area contributed by atoms with Crippen LogP contribution in [0.3, 0.4) is 0 Å². The number of nitrogens with zero attached hydrogens (tertiary/aromatic N) is 4. The van der Waals surface area contributed by atoms with E-state index in [0.29, 0.717) is 33.4 Å². The van der Waals surface area contributed by atoms with Crippen LogP contribution >= 0.6 is 0 Å². The lowest BCUT2D eigenvalue weighted by Crippen LogP contribution is -2.06. The second kappa shape index (κ2) is 11.2. The Morgan fingerprint density at radius 3 is 1.25 bits per heavy atom. The van der Waals surface area contributed by atoms with Gasteiger partial charge in [0.05, 0.1) is 36.4 Å². The van der Waals surface area contributed by atoms with Gasteiger partial charge in [-0.2, -0.15) is 26.3 Å². The monoisotopic (exact) mass is 644 g/mol. The zero-order chi connectivity index (χ0) is 34.7. The van der Waals surface area contributed by atoms with Gasteiger partial charge in [0.1, 0.15) is 0 Å². The van der Waals surface area contributed by atoms with E-state index in [1.807, 2.05) is 12.1 Å². The Morgan fingerprint density at radius 1 is 0.583 bits per heavy atom. The summed E-state index contributed by atoms with van der Waals surface area (Å²) in [6.45, 7) is 18.7. The predicted octanol–water partition coefficient (Wildman–Crippen LogP) is 10.9. The Hall–Kier alpha value is -6.36. The van der Waals surface area contributed by atoms with Gasteiger partial charge >= 0.3 is 12.4 Å². The fourth-order valence-electron chi connectivity index (χ4n) is 6.53. The molecule has 0 saturated carbocycles. The number of rotatable bonds is 2. The van der Waals surface area contributed by atoms with Crippen LogP contribution in [-0.2, 0) is 12.4 Å². The van der Waals surface area contributed by atoms with E-state index in [9.17, 15) is 36.9 Å². The molecule has 0 atom stereocenters. The molecule has 0 unspecified atom stereocenters. The van der Waals surface area contributed by atoms with Crippen molar-refractivity contribution in [2.75, 3.05) is 0 Å². The van der Waals surface area contributed by atoms with Gasteiger partial charge in [0.2, 0.25) is 0 Å². The van der Waals surface area contributed by atoms with Crippen molar-refractivity contribution in [3.63, 3.8) is 0 Å². The molecule has 4 aromatic rings. The lowest BCUT2D eigenvalue weighted by molar-refractivity contribution is -0.138. The van der Waals surface area contributed by atoms with Crippen molar-refractivity contribution in [3.05, 3.63) is 152 Å². The molecule has 4 nitrogen and oxygen atoms in total. The maximum absolute atomic E-state index is 14.0. The average molecular weight is 645 g/mol. The van der Waals surface area contributed by atoms with Crippen LogP contribution in [0.2, 0.25) is 0 Å². The normalized spacial score (nSPS) is 15.4. The van der Waals surface area contributed by atoms with E-state index >= 15 is 0 Å². The molecule has 0 amide bonds. The SMILES string of the molecule is [C-]#[N+]C(C#N)=C1C2=C(/C(=C(/C#N)[N+]#[C-])c3cccc(-c4cc(C)cc(C(F)(F)F)c4)c32)c2c1cccc2-c1cc(C)cc(C(F)(F)F)c1. The summed E-state index contributed by atoms with van der Waals surface area (Å²) in [7, 11) is 0. The predicted molar refractivity (Wildman–Crippen MR) is 168 cm³/mol. The minimum atomic E-state index is -4.67. The summed E-state index contributed by atoms with van der Waals surface area (Å²) in [6.07, 6.45) is -9.34. The fraction of sp³-hybridized carbons (Fsp3) is 0.105. The van der Waals surface area contributed by atoms with Crippen LogP contribution < -0.4 is 0 Å². The zero-order valence-corrected chi connectivity index (χ0v) is 25.0. The largest absolute Gasteiger partial charge is 0.416 e. The molecule has 0 fully saturated rings. The number of aryl methyl sites for hydroxylation is 2. The third-order valence-corrected chi connectivity index (χ3v) is 8.26. The first kappa shape index (κ1) is 31.6. The molecule has 0 saturated heterocycles. The van der Waals surface area contributed by atoms with E-state index < -0.39 is 23.5 Å². The van der Waals surface area contributed by atoms with Crippen molar-refractivity contribution in [1.29, 1.82) is 10.5 Å². The van der Waals surface area contributed by atoms with Gasteiger partial charge in [0.25, 0.3) is 11.4 Å². The van der Waals surface area contributed by atoms with E-state index in [4.69, 9.17) is 13.1 Å². The van der Waals surface area contributed by atoms with Crippen LogP contribution in [0, 0.1) is 49.7 Å². The molecule has 4 aromatic carbocycles. The highest BCUT2D eigenvalue weighted by molar-refractivity contribution is 6.39. The summed E-state index contributed by atoms with van der Waals surface area (Å²) >= 11 is 0. The number of benzene rings is 4. The summed E-state index contributed by atoms with van der Waals surface area (Å²) in [5.41, 5.74) is 0.882. The molecule has 0 spiro atoms. The molecular formula is C38H18F6N4. The highest BCUT2D eigenvalue weighted by Gasteiger charge is 2.42. The zero-order valence-electron chi connectivity index (χ0n) is 25.0. The van der Waals surface area contributed by atoms with Gasteiger partial charge in [0.15, 0.2) is 0 Å². The maximum Gasteiger partial charge on any atom is 0.416 e. The highest BCUT2D eigenvalue weighted by Crippen LogP contribution is 2.62. The first-order chi connectivity index (χ1) is 22.7.